The van der Waals surface area contributed by atoms with Gasteiger partial charge in [-0.05, 0) is 73.3 Å². The number of ketones is 1. The van der Waals surface area contributed by atoms with E-state index in [0.29, 0.717) is 23.5 Å². The molecule has 0 spiro atoms. The van der Waals surface area contributed by atoms with E-state index >= 15 is 0 Å². The molecule has 30 heavy (non-hydrogen) atoms. The Labute approximate surface area is 184 Å². The van der Waals surface area contributed by atoms with Crippen molar-refractivity contribution in [2.75, 3.05) is 0 Å². The van der Waals surface area contributed by atoms with Gasteiger partial charge in [-0.2, -0.15) is 0 Å². The number of esters is 1. The molecular weight excluding hydrogens is 392 g/mol. The molecular formula is C26H34O3S. The van der Waals surface area contributed by atoms with Crippen LogP contribution in [0.4, 0.5) is 0 Å². The van der Waals surface area contributed by atoms with Gasteiger partial charge in [0, 0.05) is 28.8 Å². The molecule has 1 aromatic heterocycles. The molecule has 5 atom stereocenters. The highest BCUT2D eigenvalue weighted by atomic mass is 32.1. The minimum atomic E-state index is -0.211. The number of carbonyl (C=O) groups is 2. The Balaban J connectivity index is 1.39. The van der Waals surface area contributed by atoms with Crippen molar-refractivity contribution in [2.24, 2.45) is 23.2 Å². The van der Waals surface area contributed by atoms with Crippen LogP contribution in [0.5, 0.6) is 0 Å². The standard InChI is InChI=1S/C26H34O3S/c1-17(20-13-14-21-22(28)10-7-15-26(20,21)3)8-6-11-23(29-18(2)27)25-16-19-9-4-5-12-24(19)30-25/h4-5,9,12,16-17,20-21,23H,6-8,10-11,13-15H2,1-3H3. The smallest absolute Gasteiger partial charge is 0.303 e. The van der Waals surface area contributed by atoms with Crippen LogP contribution in [0.3, 0.4) is 0 Å². The van der Waals surface area contributed by atoms with Crippen LogP contribution in [-0.2, 0) is 14.3 Å². The first kappa shape index (κ1) is 21.5. The van der Waals surface area contributed by atoms with Gasteiger partial charge in [0.2, 0.25) is 0 Å². The molecule has 0 radical (unpaired) electrons. The van der Waals surface area contributed by atoms with Crippen molar-refractivity contribution in [1.82, 2.24) is 0 Å². The molecule has 0 aliphatic heterocycles. The lowest BCUT2D eigenvalue weighted by Crippen LogP contribution is -2.39. The van der Waals surface area contributed by atoms with Gasteiger partial charge in [-0.3, -0.25) is 9.59 Å². The number of carbonyl (C=O) groups excluding carboxylic acids is 2. The monoisotopic (exact) mass is 426 g/mol. The molecule has 4 heteroatoms. The maximum atomic E-state index is 12.4. The van der Waals surface area contributed by atoms with Crippen molar-refractivity contribution in [3.63, 3.8) is 0 Å². The summed E-state index contributed by atoms with van der Waals surface area (Å²) in [5.74, 6) is 1.84. The topological polar surface area (TPSA) is 43.4 Å². The van der Waals surface area contributed by atoms with Gasteiger partial charge in [0.25, 0.3) is 0 Å². The summed E-state index contributed by atoms with van der Waals surface area (Å²) in [6.45, 7) is 6.25. The Kier molecular flexibility index (Phi) is 6.34. The quantitative estimate of drug-likeness (QED) is 0.444. The minimum Gasteiger partial charge on any atom is -0.457 e. The number of thiophene rings is 1. The Morgan fingerprint density at radius 3 is 2.83 bits per heavy atom. The van der Waals surface area contributed by atoms with E-state index in [0.717, 1.165) is 43.4 Å². The summed E-state index contributed by atoms with van der Waals surface area (Å²) in [7, 11) is 0. The van der Waals surface area contributed by atoms with Gasteiger partial charge in [0.1, 0.15) is 11.9 Å². The summed E-state index contributed by atoms with van der Waals surface area (Å²) in [5.41, 5.74) is 0.204. The van der Waals surface area contributed by atoms with E-state index in [1.54, 1.807) is 11.3 Å². The molecule has 3 nitrogen and oxygen atoms in total. The van der Waals surface area contributed by atoms with E-state index in [1.807, 2.05) is 6.07 Å². The van der Waals surface area contributed by atoms with Crippen molar-refractivity contribution < 1.29 is 14.3 Å². The van der Waals surface area contributed by atoms with E-state index in [1.165, 1.54) is 29.9 Å². The van der Waals surface area contributed by atoms with Crippen molar-refractivity contribution in [3.05, 3.63) is 35.2 Å². The Hall–Kier alpha value is -1.68. The molecule has 0 saturated heterocycles. The molecule has 1 heterocycles. The number of rotatable bonds is 7. The molecule has 2 aliphatic rings. The molecule has 2 saturated carbocycles. The molecule has 5 unspecified atom stereocenters. The highest BCUT2D eigenvalue weighted by Gasteiger charge is 2.52. The zero-order valence-electron chi connectivity index (χ0n) is 18.5. The largest absolute Gasteiger partial charge is 0.457 e. The number of ether oxygens (including phenoxy) is 1. The van der Waals surface area contributed by atoms with Crippen LogP contribution < -0.4 is 0 Å². The van der Waals surface area contributed by atoms with Crippen LogP contribution in [0, 0.1) is 23.2 Å². The Morgan fingerprint density at radius 1 is 1.27 bits per heavy atom. The SMILES string of the molecule is CC(=O)OC(CCCC(C)C1CCC2C(=O)CCCC21C)c1cc2ccccc2s1. The van der Waals surface area contributed by atoms with Crippen LogP contribution in [0.2, 0.25) is 0 Å². The summed E-state index contributed by atoms with van der Waals surface area (Å²) < 4.78 is 6.96. The molecule has 0 amide bonds. The Bertz CT molecular complexity index is 883. The summed E-state index contributed by atoms with van der Waals surface area (Å²) in [5, 5.41) is 1.22. The van der Waals surface area contributed by atoms with Gasteiger partial charge < -0.3 is 4.74 Å². The molecule has 2 fully saturated rings. The summed E-state index contributed by atoms with van der Waals surface area (Å²) in [6, 6.07) is 10.5. The third kappa shape index (κ3) is 4.21. The van der Waals surface area contributed by atoms with Gasteiger partial charge in [-0.1, -0.05) is 38.5 Å². The molecule has 2 aliphatic carbocycles. The normalized spacial score (nSPS) is 28.3. The second-order valence-electron chi connectivity index (χ2n) is 9.75. The maximum Gasteiger partial charge on any atom is 0.303 e. The van der Waals surface area contributed by atoms with E-state index in [2.05, 4.69) is 38.1 Å². The van der Waals surface area contributed by atoms with Gasteiger partial charge in [-0.15, -0.1) is 11.3 Å². The molecule has 162 valence electrons. The average Bonchev–Trinajstić information content (AvgIpc) is 3.28. The fourth-order valence-electron chi connectivity index (χ4n) is 6.35. The first-order valence-corrected chi connectivity index (χ1v) is 12.4. The molecule has 0 bridgehead atoms. The predicted octanol–water partition coefficient (Wildman–Crippen LogP) is 7.10. The van der Waals surface area contributed by atoms with E-state index in [4.69, 9.17) is 4.74 Å². The minimum absolute atomic E-state index is 0.157. The average molecular weight is 427 g/mol. The third-order valence-electron chi connectivity index (χ3n) is 7.82. The molecule has 0 N–H and O–H groups in total. The van der Waals surface area contributed by atoms with Gasteiger partial charge >= 0.3 is 5.97 Å². The Morgan fingerprint density at radius 2 is 2.07 bits per heavy atom. The fourth-order valence-corrected chi connectivity index (χ4v) is 7.48. The number of benzene rings is 1. The van der Waals surface area contributed by atoms with Crippen LogP contribution in [0.15, 0.2) is 30.3 Å². The third-order valence-corrected chi connectivity index (χ3v) is 9.03. The number of hydrogen-bond acceptors (Lipinski definition) is 4. The summed E-state index contributed by atoms with van der Waals surface area (Å²) in [4.78, 5) is 25.3. The van der Waals surface area contributed by atoms with Gasteiger partial charge in [0.15, 0.2) is 0 Å². The van der Waals surface area contributed by atoms with Crippen molar-refractivity contribution in [1.29, 1.82) is 0 Å². The number of hydrogen-bond donors (Lipinski definition) is 0. The van der Waals surface area contributed by atoms with Gasteiger partial charge in [-0.25, -0.2) is 0 Å². The second kappa shape index (κ2) is 8.82. The number of fused-ring (bicyclic) bond motifs is 2. The van der Waals surface area contributed by atoms with Crippen LogP contribution in [0.1, 0.15) is 83.1 Å². The highest BCUT2D eigenvalue weighted by Crippen LogP contribution is 2.57. The zero-order chi connectivity index (χ0) is 21.3. The summed E-state index contributed by atoms with van der Waals surface area (Å²) in [6.07, 6.45) is 8.22. The predicted molar refractivity (Wildman–Crippen MR) is 123 cm³/mol. The van der Waals surface area contributed by atoms with E-state index < -0.39 is 0 Å². The first-order chi connectivity index (χ1) is 14.4. The van der Waals surface area contributed by atoms with E-state index in [-0.39, 0.29) is 17.5 Å². The van der Waals surface area contributed by atoms with Crippen molar-refractivity contribution >= 4 is 33.2 Å². The summed E-state index contributed by atoms with van der Waals surface area (Å²) >= 11 is 1.73. The second-order valence-corrected chi connectivity index (χ2v) is 10.9. The maximum absolute atomic E-state index is 12.4. The fraction of sp³-hybridized carbons (Fsp3) is 0.615. The van der Waals surface area contributed by atoms with Crippen molar-refractivity contribution in [3.8, 4) is 0 Å². The van der Waals surface area contributed by atoms with Crippen LogP contribution in [-0.4, -0.2) is 11.8 Å². The van der Waals surface area contributed by atoms with Gasteiger partial charge in [0.05, 0.1) is 0 Å². The lowest BCUT2D eigenvalue weighted by atomic mass is 9.62. The zero-order valence-corrected chi connectivity index (χ0v) is 19.3. The highest BCUT2D eigenvalue weighted by molar-refractivity contribution is 7.19. The van der Waals surface area contributed by atoms with E-state index in [9.17, 15) is 9.59 Å². The first-order valence-electron chi connectivity index (χ1n) is 11.6. The molecule has 1 aromatic carbocycles. The van der Waals surface area contributed by atoms with Crippen LogP contribution >= 0.6 is 11.3 Å². The molecule has 2 aromatic rings. The van der Waals surface area contributed by atoms with Crippen LogP contribution in [0.25, 0.3) is 10.1 Å². The lowest BCUT2D eigenvalue weighted by Gasteiger charge is -2.42. The number of Topliss-reactive ketones (excluding diaryl/α,β-unsaturated/α-hetero) is 1. The molecule has 4 rings (SSSR count). The lowest BCUT2D eigenvalue weighted by molar-refractivity contribution is -0.147. The van der Waals surface area contributed by atoms with Crippen molar-refractivity contribution in [2.45, 2.75) is 78.2 Å².